The molecule has 0 fully saturated rings. The van der Waals surface area contributed by atoms with Gasteiger partial charge in [-0.2, -0.15) is 0 Å². The molecule has 0 aliphatic carbocycles. The SMILES string of the molecule is CC(C)Cc1cccc(CN(CCN(C)C)Cc2cccc(Br)c2)c1. The van der Waals surface area contributed by atoms with Gasteiger partial charge in [0.25, 0.3) is 0 Å². The first kappa shape index (κ1) is 20.2. The van der Waals surface area contributed by atoms with Crippen molar-refractivity contribution in [2.75, 3.05) is 27.2 Å². The zero-order valence-electron chi connectivity index (χ0n) is 16.0. The van der Waals surface area contributed by atoms with E-state index in [1.165, 1.54) is 16.7 Å². The molecule has 0 bridgehead atoms. The second kappa shape index (κ2) is 10.1. The molecule has 136 valence electrons. The first-order valence-corrected chi connectivity index (χ1v) is 9.91. The number of rotatable bonds is 9. The van der Waals surface area contributed by atoms with E-state index in [0.29, 0.717) is 5.92 Å². The van der Waals surface area contributed by atoms with Crippen LogP contribution in [-0.4, -0.2) is 37.0 Å². The number of benzene rings is 2. The zero-order chi connectivity index (χ0) is 18.2. The van der Waals surface area contributed by atoms with E-state index in [1.54, 1.807) is 0 Å². The molecule has 2 nitrogen and oxygen atoms in total. The predicted molar refractivity (Wildman–Crippen MR) is 112 cm³/mol. The Morgan fingerprint density at radius 1 is 0.840 bits per heavy atom. The molecule has 3 heteroatoms. The minimum absolute atomic E-state index is 0.696. The smallest absolute Gasteiger partial charge is 0.0238 e. The van der Waals surface area contributed by atoms with Crippen molar-refractivity contribution in [2.24, 2.45) is 5.92 Å². The van der Waals surface area contributed by atoms with E-state index >= 15 is 0 Å². The molecule has 0 N–H and O–H groups in total. The fraction of sp³-hybridized carbons (Fsp3) is 0.455. The van der Waals surface area contributed by atoms with Crippen molar-refractivity contribution in [1.29, 1.82) is 0 Å². The van der Waals surface area contributed by atoms with Gasteiger partial charge in [-0.15, -0.1) is 0 Å². The number of likely N-dealkylation sites (N-methyl/N-ethyl adjacent to an activating group) is 1. The second-order valence-corrected chi connectivity index (χ2v) is 8.48. The maximum atomic E-state index is 3.59. The standard InChI is InChI=1S/C22H31BrN2/c1-18(2)13-19-7-5-8-20(14-19)16-25(12-11-24(3)4)17-21-9-6-10-22(23)15-21/h5-10,14-15,18H,11-13,16-17H2,1-4H3. The van der Waals surface area contributed by atoms with Gasteiger partial charge in [0.15, 0.2) is 0 Å². The molecule has 0 amide bonds. The maximum Gasteiger partial charge on any atom is 0.0238 e. The largest absolute Gasteiger partial charge is 0.308 e. The molecule has 2 aromatic carbocycles. The van der Waals surface area contributed by atoms with Gasteiger partial charge in [0.05, 0.1) is 0 Å². The number of halogens is 1. The average molecular weight is 403 g/mol. The Kier molecular flexibility index (Phi) is 8.14. The van der Waals surface area contributed by atoms with Crippen LogP contribution in [-0.2, 0) is 19.5 Å². The summed E-state index contributed by atoms with van der Waals surface area (Å²) in [7, 11) is 4.28. The third kappa shape index (κ3) is 7.72. The summed E-state index contributed by atoms with van der Waals surface area (Å²) in [6.07, 6.45) is 1.15. The molecule has 25 heavy (non-hydrogen) atoms. The summed E-state index contributed by atoms with van der Waals surface area (Å²) in [5.41, 5.74) is 4.21. The Balaban J connectivity index is 2.09. The fourth-order valence-corrected chi connectivity index (χ4v) is 3.48. The molecule has 0 aliphatic heterocycles. The Morgan fingerprint density at radius 2 is 1.44 bits per heavy atom. The molecule has 0 heterocycles. The Bertz CT molecular complexity index is 652. The third-order valence-electron chi connectivity index (χ3n) is 4.20. The maximum absolute atomic E-state index is 3.59. The van der Waals surface area contributed by atoms with E-state index < -0.39 is 0 Å². The summed E-state index contributed by atoms with van der Waals surface area (Å²) in [5.74, 6) is 0.696. The van der Waals surface area contributed by atoms with Crippen molar-refractivity contribution < 1.29 is 0 Å². The van der Waals surface area contributed by atoms with Crippen LogP contribution in [0, 0.1) is 5.92 Å². The van der Waals surface area contributed by atoms with Crippen LogP contribution in [0.3, 0.4) is 0 Å². The highest BCUT2D eigenvalue weighted by Crippen LogP contribution is 2.16. The molecule has 0 radical (unpaired) electrons. The number of hydrogen-bond acceptors (Lipinski definition) is 2. The van der Waals surface area contributed by atoms with Crippen molar-refractivity contribution >= 4 is 15.9 Å². The zero-order valence-corrected chi connectivity index (χ0v) is 17.6. The number of nitrogens with zero attached hydrogens (tertiary/aromatic N) is 2. The Hall–Kier alpha value is -1.16. The van der Waals surface area contributed by atoms with Crippen LogP contribution < -0.4 is 0 Å². The summed E-state index contributed by atoms with van der Waals surface area (Å²) in [4.78, 5) is 4.79. The van der Waals surface area contributed by atoms with Gasteiger partial charge < -0.3 is 4.90 Å². The van der Waals surface area contributed by atoms with Crippen LogP contribution >= 0.6 is 15.9 Å². The van der Waals surface area contributed by atoms with E-state index in [9.17, 15) is 0 Å². The highest BCUT2D eigenvalue weighted by atomic mass is 79.9. The predicted octanol–water partition coefficient (Wildman–Crippen LogP) is 5.21. The summed E-state index contributed by atoms with van der Waals surface area (Å²) in [6, 6.07) is 17.7. The second-order valence-electron chi connectivity index (χ2n) is 7.56. The summed E-state index contributed by atoms with van der Waals surface area (Å²) in [5, 5.41) is 0. The molecular formula is C22H31BrN2. The van der Waals surface area contributed by atoms with Gasteiger partial charge in [0.2, 0.25) is 0 Å². The first-order valence-electron chi connectivity index (χ1n) is 9.11. The van der Waals surface area contributed by atoms with Gasteiger partial charge >= 0.3 is 0 Å². The lowest BCUT2D eigenvalue weighted by atomic mass is 10.0. The normalized spacial score (nSPS) is 11.7. The van der Waals surface area contributed by atoms with Crippen molar-refractivity contribution in [3.05, 3.63) is 69.7 Å². The lowest BCUT2D eigenvalue weighted by Crippen LogP contribution is -2.31. The Morgan fingerprint density at radius 3 is 2.04 bits per heavy atom. The van der Waals surface area contributed by atoms with Crippen molar-refractivity contribution in [1.82, 2.24) is 9.80 Å². The first-order chi connectivity index (χ1) is 11.9. The van der Waals surface area contributed by atoms with Crippen LogP contribution in [0.1, 0.15) is 30.5 Å². The summed E-state index contributed by atoms with van der Waals surface area (Å²) < 4.78 is 1.15. The topological polar surface area (TPSA) is 6.48 Å². The molecule has 0 aromatic heterocycles. The molecule has 0 saturated heterocycles. The third-order valence-corrected chi connectivity index (χ3v) is 4.69. The van der Waals surface area contributed by atoms with Gasteiger partial charge in [0, 0.05) is 30.7 Å². The van der Waals surface area contributed by atoms with E-state index in [0.717, 1.165) is 37.1 Å². The van der Waals surface area contributed by atoms with Gasteiger partial charge in [0.1, 0.15) is 0 Å². The summed E-state index contributed by atoms with van der Waals surface area (Å²) >= 11 is 3.59. The molecule has 0 unspecified atom stereocenters. The molecule has 0 atom stereocenters. The van der Waals surface area contributed by atoms with Crippen LogP contribution in [0.5, 0.6) is 0 Å². The average Bonchev–Trinajstić information content (AvgIpc) is 2.52. The van der Waals surface area contributed by atoms with Crippen molar-refractivity contribution in [3.8, 4) is 0 Å². The van der Waals surface area contributed by atoms with Crippen molar-refractivity contribution in [2.45, 2.75) is 33.4 Å². The minimum atomic E-state index is 0.696. The van der Waals surface area contributed by atoms with E-state index in [1.807, 2.05) is 0 Å². The summed E-state index contributed by atoms with van der Waals surface area (Å²) in [6.45, 7) is 8.66. The van der Waals surface area contributed by atoms with Crippen LogP contribution in [0.2, 0.25) is 0 Å². The van der Waals surface area contributed by atoms with Crippen LogP contribution in [0.4, 0.5) is 0 Å². The van der Waals surface area contributed by atoms with E-state index in [2.05, 4.69) is 102 Å². The lowest BCUT2D eigenvalue weighted by molar-refractivity contribution is 0.226. The molecule has 2 aromatic rings. The lowest BCUT2D eigenvalue weighted by Gasteiger charge is -2.25. The van der Waals surface area contributed by atoms with E-state index in [4.69, 9.17) is 0 Å². The van der Waals surface area contributed by atoms with Crippen molar-refractivity contribution in [3.63, 3.8) is 0 Å². The van der Waals surface area contributed by atoms with E-state index in [-0.39, 0.29) is 0 Å². The minimum Gasteiger partial charge on any atom is -0.308 e. The van der Waals surface area contributed by atoms with Gasteiger partial charge in [-0.3, -0.25) is 4.90 Å². The fourth-order valence-electron chi connectivity index (χ4n) is 3.03. The molecule has 0 spiro atoms. The Labute approximate surface area is 162 Å². The quantitative estimate of drug-likeness (QED) is 0.567. The molecule has 0 aliphatic rings. The monoisotopic (exact) mass is 402 g/mol. The van der Waals surface area contributed by atoms with Crippen LogP contribution in [0.15, 0.2) is 53.0 Å². The molecule has 0 saturated carbocycles. The molecule has 2 rings (SSSR count). The highest BCUT2D eigenvalue weighted by Gasteiger charge is 2.09. The highest BCUT2D eigenvalue weighted by molar-refractivity contribution is 9.10. The van der Waals surface area contributed by atoms with Crippen LogP contribution in [0.25, 0.3) is 0 Å². The van der Waals surface area contributed by atoms with Gasteiger partial charge in [-0.05, 0) is 55.3 Å². The van der Waals surface area contributed by atoms with Gasteiger partial charge in [-0.1, -0.05) is 66.2 Å². The van der Waals surface area contributed by atoms with Gasteiger partial charge in [-0.25, -0.2) is 0 Å². The number of hydrogen-bond donors (Lipinski definition) is 0. The molecular weight excluding hydrogens is 372 g/mol.